The van der Waals surface area contributed by atoms with Gasteiger partial charge in [0, 0.05) is 16.6 Å². The maximum atomic E-state index is 6.49. The van der Waals surface area contributed by atoms with Crippen LogP contribution < -0.4 is 5.32 Å². The molecule has 1 aliphatic rings. The van der Waals surface area contributed by atoms with Gasteiger partial charge < -0.3 is 5.32 Å². The van der Waals surface area contributed by atoms with E-state index >= 15 is 0 Å². The van der Waals surface area contributed by atoms with Gasteiger partial charge in [0.1, 0.15) is 0 Å². The van der Waals surface area contributed by atoms with Gasteiger partial charge in [-0.25, -0.2) is 0 Å². The van der Waals surface area contributed by atoms with E-state index in [2.05, 4.69) is 49.5 Å². The minimum absolute atomic E-state index is 0.482. The summed E-state index contributed by atoms with van der Waals surface area (Å²) in [5.74, 6) is 0. The lowest BCUT2D eigenvalue weighted by Gasteiger charge is -2.14. The van der Waals surface area contributed by atoms with E-state index in [4.69, 9.17) is 11.6 Å². The zero-order chi connectivity index (χ0) is 14.3. The van der Waals surface area contributed by atoms with Crippen LogP contribution >= 0.6 is 11.6 Å². The maximum Gasteiger partial charge on any atom is 0.0487 e. The molecule has 0 radical (unpaired) electrons. The molecule has 0 amide bonds. The normalized spacial score (nSPS) is 17.3. The molecular formula is C18H20ClN. The summed E-state index contributed by atoms with van der Waals surface area (Å²) < 4.78 is 0. The Morgan fingerprint density at radius 2 is 1.85 bits per heavy atom. The molecule has 0 aromatic heterocycles. The number of nitrogens with one attached hydrogen (secondary N) is 1. The highest BCUT2D eigenvalue weighted by Gasteiger charge is 2.24. The Kier molecular flexibility index (Phi) is 3.57. The van der Waals surface area contributed by atoms with Gasteiger partial charge in [0.2, 0.25) is 0 Å². The van der Waals surface area contributed by atoms with Crippen molar-refractivity contribution < 1.29 is 0 Å². The van der Waals surface area contributed by atoms with E-state index < -0.39 is 0 Å². The van der Waals surface area contributed by atoms with Crippen LogP contribution in [0.3, 0.4) is 0 Å². The highest BCUT2D eigenvalue weighted by molar-refractivity contribution is 6.33. The monoisotopic (exact) mass is 285 g/mol. The van der Waals surface area contributed by atoms with Crippen LogP contribution in [0.15, 0.2) is 30.3 Å². The third-order valence-corrected chi connectivity index (χ3v) is 4.81. The largest absolute Gasteiger partial charge is 0.313 e. The highest BCUT2D eigenvalue weighted by atomic mass is 35.5. The second-order valence-electron chi connectivity index (χ2n) is 5.67. The van der Waals surface area contributed by atoms with Crippen molar-refractivity contribution in [2.75, 3.05) is 7.05 Å². The quantitative estimate of drug-likeness (QED) is 0.833. The van der Waals surface area contributed by atoms with Crippen LogP contribution in [-0.2, 0) is 6.42 Å². The Hall–Kier alpha value is -1.31. The van der Waals surface area contributed by atoms with Crippen LogP contribution in [0.4, 0.5) is 0 Å². The zero-order valence-corrected chi connectivity index (χ0v) is 13.0. The van der Waals surface area contributed by atoms with Crippen LogP contribution in [-0.4, -0.2) is 7.05 Å². The summed E-state index contributed by atoms with van der Waals surface area (Å²) >= 11 is 6.49. The molecule has 2 aromatic carbocycles. The first kappa shape index (κ1) is 13.7. The molecule has 104 valence electrons. The van der Waals surface area contributed by atoms with Crippen molar-refractivity contribution in [3.8, 4) is 11.1 Å². The Morgan fingerprint density at radius 1 is 1.10 bits per heavy atom. The first-order chi connectivity index (χ1) is 9.61. The highest BCUT2D eigenvalue weighted by Crippen LogP contribution is 2.40. The van der Waals surface area contributed by atoms with Gasteiger partial charge in [0.05, 0.1) is 0 Å². The van der Waals surface area contributed by atoms with Gasteiger partial charge in [0.25, 0.3) is 0 Å². The lowest BCUT2D eigenvalue weighted by molar-refractivity contribution is 0.590. The molecule has 0 saturated heterocycles. The predicted molar refractivity (Wildman–Crippen MR) is 86.5 cm³/mol. The number of aryl methyl sites for hydroxylation is 2. The summed E-state index contributed by atoms with van der Waals surface area (Å²) in [5, 5.41) is 4.26. The molecule has 2 aromatic rings. The van der Waals surface area contributed by atoms with Gasteiger partial charge in [-0.2, -0.15) is 0 Å². The van der Waals surface area contributed by atoms with E-state index in [-0.39, 0.29) is 0 Å². The van der Waals surface area contributed by atoms with E-state index in [1.165, 1.54) is 39.8 Å². The molecule has 1 nitrogen and oxygen atoms in total. The molecule has 0 bridgehead atoms. The van der Waals surface area contributed by atoms with Crippen molar-refractivity contribution in [2.24, 2.45) is 0 Å². The third-order valence-electron chi connectivity index (χ3n) is 4.49. The average molecular weight is 286 g/mol. The Labute approximate surface area is 126 Å². The number of hydrogen-bond acceptors (Lipinski definition) is 1. The van der Waals surface area contributed by atoms with Gasteiger partial charge in [-0.3, -0.25) is 0 Å². The number of fused-ring (bicyclic) bond motifs is 1. The summed E-state index contributed by atoms with van der Waals surface area (Å²) in [5.41, 5.74) is 7.90. The van der Waals surface area contributed by atoms with Crippen molar-refractivity contribution in [3.05, 3.63) is 57.6 Å². The Balaban J connectivity index is 2.17. The molecule has 2 heteroatoms. The van der Waals surface area contributed by atoms with Gasteiger partial charge in [-0.05, 0) is 73.7 Å². The van der Waals surface area contributed by atoms with E-state index in [1.807, 2.05) is 7.05 Å². The summed E-state index contributed by atoms with van der Waals surface area (Å²) in [6.07, 6.45) is 2.30. The van der Waals surface area contributed by atoms with E-state index in [0.717, 1.165) is 11.4 Å². The fourth-order valence-corrected chi connectivity index (χ4v) is 3.51. The fraction of sp³-hybridized carbons (Fsp3) is 0.333. The molecule has 1 aliphatic carbocycles. The second-order valence-corrected chi connectivity index (χ2v) is 6.08. The smallest absolute Gasteiger partial charge is 0.0487 e. The van der Waals surface area contributed by atoms with Crippen LogP contribution in [0.25, 0.3) is 11.1 Å². The molecule has 1 atom stereocenters. The van der Waals surface area contributed by atoms with Crippen molar-refractivity contribution in [1.82, 2.24) is 5.32 Å². The van der Waals surface area contributed by atoms with Gasteiger partial charge in [-0.15, -0.1) is 0 Å². The second kappa shape index (κ2) is 5.23. The van der Waals surface area contributed by atoms with Crippen LogP contribution in [0.2, 0.25) is 5.02 Å². The molecule has 1 unspecified atom stereocenters. The van der Waals surface area contributed by atoms with Crippen molar-refractivity contribution >= 4 is 11.6 Å². The molecule has 20 heavy (non-hydrogen) atoms. The fourth-order valence-electron chi connectivity index (χ4n) is 3.19. The topological polar surface area (TPSA) is 12.0 Å². The SMILES string of the molecule is CNC1CCc2c(-c3cc(C)c(C)cc3Cl)cccc21. The third kappa shape index (κ3) is 2.15. The van der Waals surface area contributed by atoms with Crippen LogP contribution in [0.5, 0.6) is 0 Å². The van der Waals surface area contributed by atoms with Crippen molar-refractivity contribution in [2.45, 2.75) is 32.7 Å². The van der Waals surface area contributed by atoms with Gasteiger partial charge >= 0.3 is 0 Å². The molecule has 3 rings (SSSR count). The summed E-state index contributed by atoms with van der Waals surface area (Å²) in [6.45, 7) is 4.26. The standard InChI is InChI=1S/C18H20ClN/c1-11-9-16(17(19)10-12(11)2)13-5-4-6-15-14(13)7-8-18(15)20-3/h4-6,9-10,18,20H,7-8H2,1-3H3. The lowest BCUT2D eigenvalue weighted by atomic mass is 9.94. The Morgan fingerprint density at radius 3 is 2.60 bits per heavy atom. The zero-order valence-electron chi connectivity index (χ0n) is 12.3. The van der Waals surface area contributed by atoms with Crippen LogP contribution in [0, 0.1) is 13.8 Å². The molecule has 0 heterocycles. The number of halogens is 1. The Bertz CT molecular complexity index is 661. The van der Waals surface area contributed by atoms with Gasteiger partial charge in [0.15, 0.2) is 0 Å². The number of benzene rings is 2. The number of rotatable bonds is 2. The maximum absolute atomic E-state index is 6.49. The van der Waals surface area contributed by atoms with E-state index in [9.17, 15) is 0 Å². The molecular weight excluding hydrogens is 266 g/mol. The summed E-state index contributed by atoms with van der Waals surface area (Å²) in [7, 11) is 2.04. The minimum atomic E-state index is 0.482. The van der Waals surface area contributed by atoms with Crippen molar-refractivity contribution in [3.63, 3.8) is 0 Å². The summed E-state index contributed by atoms with van der Waals surface area (Å²) in [4.78, 5) is 0. The molecule has 1 N–H and O–H groups in total. The van der Waals surface area contributed by atoms with E-state index in [1.54, 1.807) is 0 Å². The average Bonchev–Trinajstić information content (AvgIpc) is 2.86. The van der Waals surface area contributed by atoms with E-state index in [0.29, 0.717) is 6.04 Å². The molecule has 0 aliphatic heterocycles. The van der Waals surface area contributed by atoms with Crippen molar-refractivity contribution in [1.29, 1.82) is 0 Å². The summed E-state index contributed by atoms with van der Waals surface area (Å²) in [6, 6.07) is 11.4. The predicted octanol–water partition coefficient (Wildman–Crippen LogP) is 4.83. The lowest BCUT2D eigenvalue weighted by Crippen LogP contribution is -2.12. The first-order valence-corrected chi connectivity index (χ1v) is 7.55. The first-order valence-electron chi connectivity index (χ1n) is 7.18. The molecule has 0 saturated carbocycles. The van der Waals surface area contributed by atoms with Gasteiger partial charge in [-0.1, -0.05) is 29.8 Å². The minimum Gasteiger partial charge on any atom is -0.313 e. The molecule has 0 spiro atoms. The molecule has 0 fully saturated rings. The van der Waals surface area contributed by atoms with Crippen LogP contribution in [0.1, 0.15) is 34.7 Å². The number of hydrogen-bond donors (Lipinski definition) is 1.